The van der Waals surface area contributed by atoms with E-state index in [9.17, 15) is 12.8 Å². The average molecular weight is 373 g/mol. The van der Waals surface area contributed by atoms with Crippen molar-refractivity contribution in [1.29, 1.82) is 0 Å². The SMILES string of the molecule is Cc1ccc(-c2noc(C3CC3)n2)cc1S(=O)(=O)Nc1ccc(F)cc1. The maximum Gasteiger partial charge on any atom is 0.262 e. The Labute approximate surface area is 150 Å². The van der Waals surface area contributed by atoms with Gasteiger partial charge in [-0.05, 0) is 55.7 Å². The van der Waals surface area contributed by atoms with Crippen molar-refractivity contribution in [2.45, 2.75) is 30.6 Å². The Hall–Kier alpha value is -2.74. The van der Waals surface area contributed by atoms with E-state index in [4.69, 9.17) is 4.52 Å². The molecule has 26 heavy (non-hydrogen) atoms. The van der Waals surface area contributed by atoms with Gasteiger partial charge in [0.2, 0.25) is 11.7 Å². The molecule has 0 radical (unpaired) electrons. The van der Waals surface area contributed by atoms with E-state index in [0.29, 0.717) is 28.8 Å². The third kappa shape index (κ3) is 3.32. The smallest absolute Gasteiger partial charge is 0.262 e. The molecule has 0 bridgehead atoms. The van der Waals surface area contributed by atoms with Gasteiger partial charge >= 0.3 is 0 Å². The molecule has 134 valence electrons. The summed E-state index contributed by atoms with van der Waals surface area (Å²) in [5, 5.41) is 3.95. The van der Waals surface area contributed by atoms with Crippen molar-refractivity contribution in [2.24, 2.45) is 0 Å². The molecule has 1 N–H and O–H groups in total. The zero-order valence-corrected chi connectivity index (χ0v) is 14.8. The predicted molar refractivity (Wildman–Crippen MR) is 93.7 cm³/mol. The lowest BCUT2D eigenvalue weighted by Gasteiger charge is -2.11. The Morgan fingerprint density at radius 2 is 1.88 bits per heavy atom. The van der Waals surface area contributed by atoms with E-state index in [0.717, 1.165) is 12.8 Å². The van der Waals surface area contributed by atoms with Gasteiger partial charge in [0.05, 0.1) is 4.90 Å². The van der Waals surface area contributed by atoms with Gasteiger partial charge in [-0.25, -0.2) is 12.8 Å². The van der Waals surface area contributed by atoms with Crippen LogP contribution < -0.4 is 4.72 Å². The maximum absolute atomic E-state index is 13.0. The van der Waals surface area contributed by atoms with Crippen molar-refractivity contribution >= 4 is 15.7 Å². The van der Waals surface area contributed by atoms with Crippen molar-refractivity contribution < 1.29 is 17.3 Å². The lowest BCUT2D eigenvalue weighted by Crippen LogP contribution is -2.14. The maximum atomic E-state index is 13.0. The summed E-state index contributed by atoms with van der Waals surface area (Å²) in [6.45, 7) is 1.70. The van der Waals surface area contributed by atoms with Crippen molar-refractivity contribution in [1.82, 2.24) is 10.1 Å². The van der Waals surface area contributed by atoms with Crippen LogP contribution in [0.2, 0.25) is 0 Å². The number of anilines is 1. The fraction of sp³-hybridized carbons (Fsp3) is 0.222. The first-order valence-electron chi connectivity index (χ1n) is 8.15. The molecule has 0 spiro atoms. The minimum absolute atomic E-state index is 0.108. The van der Waals surface area contributed by atoms with Crippen molar-refractivity contribution in [3.63, 3.8) is 0 Å². The van der Waals surface area contributed by atoms with E-state index < -0.39 is 15.8 Å². The molecule has 1 heterocycles. The van der Waals surface area contributed by atoms with E-state index in [2.05, 4.69) is 14.9 Å². The number of aryl methyl sites for hydroxylation is 1. The summed E-state index contributed by atoms with van der Waals surface area (Å²) in [7, 11) is -3.84. The number of nitrogens with one attached hydrogen (secondary N) is 1. The van der Waals surface area contributed by atoms with Gasteiger partial charge in [0, 0.05) is 17.2 Å². The zero-order valence-electron chi connectivity index (χ0n) is 13.9. The van der Waals surface area contributed by atoms with Gasteiger partial charge in [0.1, 0.15) is 5.82 Å². The number of benzene rings is 2. The average Bonchev–Trinajstić information content (AvgIpc) is 3.34. The summed E-state index contributed by atoms with van der Waals surface area (Å²) < 4.78 is 46.2. The number of hydrogen-bond donors (Lipinski definition) is 1. The van der Waals surface area contributed by atoms with Crippen LogP contribution >= 0.6 is 0 Å². The Morgan fingerprint density at radius 3 is 2.58 bits per heavy atom. The number of sulfonamides is 1. The van der Waals surface area contributed by atoms with Crippen LogP contribution in [0.1, 0.15) is 30.2 Å². The van der Waals surface area contributed by atoms with Gasteiger partial charge in [-0.1, -0.05) is 17.3 Å². The largest absolute Gasteiger partial charge is 0.339 e. The summed E-state index contributed by atoms with van der Waals surface area (Å²) in [5.41, 5.74) is 1.42. The van der Waals surface area contributed by atoms with E-state index in [1.165, 1.54) is 30.3 Å². The summed E-state index contributed by atoms with van der Waals surface area (Å²) in [6.07, 6.45) is 2.08. The first-order valence-corrected chi connectivity index (χ1v) is 9.64. The highest BCUT2D eigenvalue weighted by Gasteiger charge is 2.30. The van der Waals surface area contributed by atoms with Crippen LogP contribution in [0.3, 0.4) is 0 Å². The van der Waals surface area contributed by atoms with Crippen LogP contribution in [0, 0.1) is 12.7 Å². The number of halogens is 1. The lowest BCUT2D eigenvalue weighted by atomic mass is 10.1. The number of nitrogens with zero attached hydrogens (tertiary/aromatic N) is 2. The van der Waals surface area contributed by atoms with Crippen LogP contribution in [-0.2, 0) is 10.0 Å². The Morgan fingerprint density at radius 1 is 1.15 bits per heavy atom. The van der Waals surface area contributed by atoms with E-state index in [1.807, 2.05) is 0 Å². The van der Waals surface area contributed by atoms with E-state index >= 15 is 0 Å². The number of rotatable bonds is 5. The van der Waals surface area contributed by atoms with Gasteiger partial charge in [0.25, 0.3) is 10.0 Å². The van der Waals surface area contributed by atoms with Crippen molar-refractivity contribution in [2.75, 3.05) is 4.72 Å². The molecule has 4 rings (SSSR count). The highest BCUT2D eigenvalue weighted by Crippen LogP contribution is 2.39. The minimum atomic E-state index is -3.84. The Bertz CT molecular complexity index is 1060. The molecular weight excluding hydrogens is 357 g/mol. The molecule has 0 atom stereocenters. The number of aromatic nitrogens is 2. The van der Waals surface area contributed by atoms with Gasteiger partial charge in [-0.15, -0.1) is 0 Å². The molecule has 6 nitrogen and oxygen atoms in total. The molecule has 3 aromatic rings. The monoisotopic (exact) mass is 373 g/mol. The first-order chi connectivity index (χ1) is 12.4. The second-order valence-electron chi connectivity index (χ2n) is 6.32. The molecule has 1 aliphatic rings. The topological polar surface area (TPSA) is 85.1 Å². The molecule has 1 saturated carbocycles. The predicted octanol–water partition coefficient (Wildman–Crippen LogP) is 3.86. The summed E-state index contributed by atoms with van der Waals surface area (Å²) >= 11 is 0. The van der Waals surface area contributed by atoms with Crippen LogP contribution in [0.4, 0.5) is 10.1 Å². The molecular formula is C18H16FN3O3S. The second-order valence-corrected chi connectivity index (χ2v) is 7.97. The lowest BCUT2D eigenvalue weighted by molar-refractivity contribution is 0.380. The standard InChI is InChI=1S/C18H16FN3O3S/c1-11-2-3-13(17-20-18(25-21-17)12-4-5-12)10-16(11)26(23,24)22-15-8-6-14(19)7-9-15/h2-3,6-10,12,22H,4-5H2,1H3. The summed E-state index contributed by atoms with van der Waals surface area (Å²) in [5.74, 6) is 0.847. The molecule has 0 saturated heterocycles. The molecule has 0 unspecified atom stereocenters. The van der Waals surface area contributed by atoms with Crippen molar-refractivity contribution in [3.8, 4) is 11.4 Å². The quantitative estimate of drug-likeness (QED) is 0.734. The van der Waals surface area contributed by atoms with Gasteiger partial charge in [-0.3, -0.25) is 4.72 Å². The van der Waals surface area contributed by atoms with Crippen molar-refractivity contribution in [3.05, 3.63) is 59.7 Å². The van der Waals surface area contributed by atoms with Crippen LogP contribution in [-0.4, -0.2) is 18.6 Å². The Kier molecular flexibility index (Phi) is 3.99. The summed E-state index contributed by atoms with van der Waals surface area (Å²) in [4.78, 5) is 4.46. The van der Waals surface area contributed by atoms with E-state index in [-0.39, 0.29) is 10.6 Å². The van der Waals surface area contributed by atoms with Gasteiger partial charge < -0.3 is 4.52 Å². The second kappa shape index (κ2) is 6.21. The van der Waals surface area contributed by atoms with Gasteiger partial charge in [-0.2, -0.15) is 4.98 Å². The normalized spacial score (nSPS) is 14.4. The van der Waals surface area contributed by atoms with Crippen LogP contribution in [0.15, 0.2) is 51.9 Å². The zero-order chi connectivity index (χ0) is 18.3. The minimum Gasteiger partial charge on any atom is -0.339 e. The van der Waals surface area contributed by atoms with E-state index in [1.54, 1.807) is 19.1 Å². The third-order valence-electron chi connectivity index (χ3n) is 4.20. The Balaban J connectivity index is 1.67. The summed E-state index contributed by atoms with van der Waals surface area (Å²) in [6, 6.07) is 10.1. The highest BCUT2D eigenvalue weighted by molar-refractivity contribution is 7.92. The molecule has 1 aromatic heterocycles. The number of hydrogen-bond acceptors (Lipinski definition) is 5. The highest BCUT2D eigenvalue weighted by atomic mass is 32.2. The molecule has 0 aliphatic heterocycles. The molecule has 0 amide bonds. The first kappa shape index (κ1) is 16.7. The molecule has 2 aromatic carbocycles. The van der Waals surface area contributed by atoms with Crippen LogP contribution in [0.5, 0.6) is 0 Å². The van der Waals surface area contributed by atoms with Gasteiger partial charge in [0.15, 0.2) is 0 Å². The fourth-order valence-corrected chi connectivity index (χ4v) is 3.94. The third-order valence-corrected chi connectivity index (χ3v) is 5.72. The molecule has 1 aliphatic carbocycles. The molecule has 8 heteroatoms. The van der Waals surface area contributed by atoms with Crippen LogP contribution in [0.25, 0.3) is 11.4 Å². The fourth-order valence-electron chi connectivity index (χ4n) is 2.61. The molecule has 1 fully saturated rings.